The maximum Gasteiger partial charge on any atom is 0.0619 e. The minimum absolute atomic E-state index is 0.0813. The highest BCUT2D eigenvalue weighted by atomic mass is 16.3. The number of benzene rings is 2. The van der Waals surface area contributed by atoms with Gasteiger partial charge in [-0.1, -0.05) is 60.7 Å². The van der Waals surface area contributed by atoms with Crippen LogP contribution in [0.25, 0.3) is 0 Å². The van der Waals surface area contributed by atoms with Crippen LogP contribution in [0.3, 0.4) is 0 Å². The molecule has 0 bridgehead atoms. The zero-order chi connectivity index (χ0) is 13.7. The molecule has 2 nitrogen and oxygen atoms in total. The highest BCUT2D eigenvalue weighted by molar-refractivity contribution is 5.36. The van der Waals surface area contributed by atoms with Crippen molar-refractivity contribution < 1.29 is 5.11 Å². The van der Waals surface area contributed by atoms with Gasteiger partial charge in [-0.15, -0.1) is 0 Å². The Hall–Kier alpha value is -1.64. The number of aliphatic hydroxyl groups is 1. The number of rotatable bonds is 5. The van der Waals surface area contributed by atoms with Crippen molar-refractivity contribution in [2.75, 3.05) is 13.7 Å². The van der Waals surface area contributed by atoms with Crippen LogP contribution in [-0.4, -0.2) is 24.3 Å². The molecule has 2 heteroatoms. The first-order valence-electron chi connectivity index (χ1n) is 6.61. The lowest BCUT2D eigenvalue weighted by atomic mass is 9.76. The van der Waals surface area contributed by atoms with Gasteiger partial charge in [0.05, 0.1) is 6.61 Å². The van der Waals surface area contributed by atoms with Crippen molar-refractivity contribution in [1.82, 2.24) is 5.32 Å². The van der Waals surface area contributed by atoms with E-state index in [-0.39, 0.29) is 18.1 Å². The van der Waals surface area contributed by atoms with Gasteiger partial charge in [-0.05, 0) is 25.1 Å². The number of aliphatic hydroxyl groups excluding tert-OH is 1. The van der Waals surface area contributed by atoms with Crippen LogP contribution >= 0.6 is 0 Å². The number of hydrogen-bond donors (Lipinski definition) is 2. The lowest BCUT2D eigenvalue weighted by Crippen LogP contribution is -2.49. The summed E-state index contributed by atoms with van der Waals surface area (Å²) in [6.07, 6.45) is 0. The molecule has 0 spiro atoms. The van der Waals surface area contributed by atoms with Gasteiger partial charge in [0, 0.05) is 11.5 Å². The molecular formula is C17H21NO. The Kier molecular flexibility index (Phi) is 4.35. The van der Waals surface area contributed by atoms with E-state index in [0.717, 1.165) is 0 Å². The highest BCUT2D eigenvalue weighted by Crippen LogP contribution is 2.34. The second-order valence-corrected chi connectivity index (χ2v) is 5.08. The van der Waals surface area contributed by atoms with Crippen LogP contribution in [-0.2, 0) is 0 Å². The fraction of sp³-hybridized carbons (Fsp3) is 0.294. The van der Waals surface area contributed by atoms with Crippen LogP contribution < -0.4 is 5.32 Å². The third kappa shape index (κ3) is 2.86. The number of likely N-dealkylation sites (N-methyl/N-ethyl adjacent to an activating group) is 1. The van der Waals surface area contributed by atoms with Crippen molar-refractivity contribution in [3.8, 4) is 0 Å². The van der Waals surface area contributed by atoms with E-state index in [1.54, 1.807) is 0 Å². The van der Waals surface area contributed by atoms with E-state index < -0.39 is 0 Å². The van der Waals surface area contributed by atoms with Gasteiger partial charge >= 0.3 is 0 Å². The maximum atomic E-state index is 9.82. The third-order valence-electron chi connectivity index (χ3n) is 3.80. The summed E-state index contributed by atoms with van der Waals surface area (Å²) in [4.78, 5) is 0. The standard InChI is InChI=1S/C17H21NO/c1-17(13-19,18-2)16(14-9-5-3-6-10-14)15-11-7-4-8-12-15/h3-12,16,18-19H,13H2,1-2H3. The Morgan fingerprint density at radius 1 is 0.947 bits per heavy atom. The van der Waals surface area contributed by atoms with Crippen LogP contribution in [0.15, 0.2) is 60.7 Å². The summed E-state index contributed by atoms with van der Waals surface area (Å²) in [5, 5.41) is 13.1. The third-order valence-corrected chi connectivity index (χ3v) is 3.80. The largest absolute Gasteiger partial charge is 0.394 e. The SMILES string of the molecule is CNC(C)(CO)C(c1ccccc1)c1ccccc1. The molecule has 0 saturated carbocycles. The predicted octanol–water partition coefficient (Wildman–Crippen LogP) is 2.79. The minimum Gasteiger partial charge on any atom is -0.394 e. The zero-order valence-electron chi connectivity index (χ0n) is 11.5. The van der Waals surface area contributed by atoms with Crippen molar-refractivity contribution in [3.63, 3.8) is 0 Å². The van der Waals surface area contributed by atoms with Crippen molar-refractivity contribution >= 4 is 0 Å². The van der Waals surface area contributed by atoms with Crippen LogP contribution in [0.4, 0.5) is 0 Å². The van der Waals surface area contributed by atoms with E-state index in [2.05, 4.69) is 36.5 Å². The molecule has 1 unspecified atom stereocenters. The van der Waals surface area contributed by atoms with Crippen molar-refractivity contribution in [3.05, 3.63) is 71.8 Å². The van der Waals surface area contributed by atoms with Gasteiger partial charge in [-0.2, -0.15) is 0 Å². The Morgan fingerprint density at radius 3 is 1.68 bits per heavy atom. The molecule has 2 aromatic rings. The average molecular weight is 255 g/mol. The van der Waals surface area contributed by atoms with E-state index in [1.807, 2.05) is 43.4 Å². The summed E-state index contributed by atoms with van der Waals surface area (Å²) in [5.74, 6) is 0.116. The molecule has 0 aliphatic heterocycles. The molecule has 0 aromatic heterocycles. The van der Waals surface area contributed by atoms with Crippen molar-refractivity contribution in [1.29, 1.82) is 0 Å². The zero-order valence-corrected chi connectivity index (χ0v) is 11.5. The normalized spacial score (nSPS) is 14.3. The first-order chi connectivity index (χ1) is 9.21. The second-order valence-electron chi connectivity index (χ2n) is 5.08. The van der Waals surface area contributed by atoms with E-state index in [9.17, 15) is 5.11 Å². The summed E-state index contributed by atoms with van der Waals surface area (Å²) in [5.41, 5.74) is 2.03. The molecule has 100 valence electrons. The van der Waals surface area contributed by atoms with E-state index >= 15 is 0 Å². The minimum atomic E-state index is -0.386. The van der Waals surface area contributed by atoms with Gasteiger partial charge in [0.2, 0.25) is 0 Å². The average Bonchev–Trinajstić information content (AvgIpc) is 2.49. The first-order valence-corrected chi connectivity index (χ1v) is 6.61. The lowest BCUT2D eigenvalue weighted by molar-refractivity contribution is 0.167. The van der Waals surface area contributed by atoms with Gasteiger partial charge < -0.3 is 10.4 Å². The molecule has 1 atom stereocenters. The molecule has 2 rings (SSSR count). The number of nitrogens with one attached hydrogen (secondary N) is 1. The first kappa shape index (κ1) is 13.8. The summed E-state index contributed by atoms with van der Waals surface area (Å²) < 4.78 is 0. The highest BCUT2D eigenvalue weighted by Gasteiger charge is 2.34. The second kappa shape index (κ2) is 6.00. The molecule has 0 fully saturated rings. The molecule has 0 heterocycles. The van der Waals surface area contributed by atoms with Gasteiger partial charge in [0.25, 0.3) is 0 Å². The lowest BCUT2D eigenvalue weighted by Gasteiger charge is -2.37. The van der Waals surface area contributed by atoms with Crippen LogP contribution in [0.2, 0.25) is 0 Å². The monoisotopic (exact) mass is 255 g/mol. The van der Waals surface area contributed by atoms with Crippen LogP contribution in [0.5, 0.6) is 0 Å². The molecule has 0 amide bonds. The Balaban J connectivity index is 2.52. The van der Waals surface area contributed by atoms with Crippen LogP contribution in [0.1, 0.15) is 24.0 Å². The maximum absolute atomic E-state index is 9.82. The van der Waals surface area contributed by atoms with E-state index in [0.29, 0.717) is 0 Å². The van der Waals surface area contributed by atoms with E-state index in [1.165, 1.54) is 11.1 Å². The molecule has 2 N–H and O–H groups in total. The molecular weight excluding hydrogens is 234 g/mol. The van der Waals surface area contributed by atoms with Gasteiger partial charge in [-0.3, -0.25) is 0 Å². The van der Waals surface area contributed by atoms with Gasteiger partial charge in [0.1, 0.15) is 0 Å². The summed E-state index contributed by atoms with van der Waals surface area (Å²) in [6, 6.07) is 20.6. The van der Waals surface area contributed by atoms with E-state index in [4.69, 9.17) is 0 Å². The Bertz CT molecular complexity index is 452. The fourth-order valence-electron chi connectivity index (χ4n) is 2.53. The molecule has 0 aliphatic carbocycles. The van der Waals surface area contributed by atoms with Crippen molar-refractivity contribution in [2.45, 2.75) is 18.4 Å². The molecule has 0 aliphatic rings. The topological polar surface area (TPSA) is 32.3 Å². The predicted molar refractivity (Wildman–Crippen MR) is 79.3 cm³/mol. The molecule has 2 aromatic carbocycles. The number of hydrogen-bond acceptors (Lipinski definition) is 2. The summed E-state index contributed by atoms with van der Waals surface area (Å²) in [6.45, 7) is 2.13. The Labute approximate surface area is 115 Å². The molecule has 0 saturated heterocycles. The summed E-state index contributed by atoms with van der Waals surface area (Å²) >= 11 is 0. The molecule has 0 radical (unpaired) electrons. The summed E-state index contributed by atoms with van der Waals surface area (Å²) in [7, 11) is 1.90. The quantitative estimate of drug-likeness (QED) is 0.861. The van der Waals surface area contributed by atoms with Crippen molar-refractivity contribution in [2.24, 2.45) is 0 Å². The Morgan fingerprint density at radius 2 is 1.37 bits per heavy atom. The smallest absolute Gasteiger partial charge is 0.0619 e. The van der Waals surface area contributed by atoms with Gasteiger partial charge in [0.15, 0.2) is 0 Å². The van der Waals surface area contributed by atoms with Gasteiger partial charge in [-0.25, -0.2) is 0 Å². The molecule has 19 heavy (non-hydrogen) atoms. The van der Waals surface area contributed by atoms with Crippen LogP contribution in [0, 0.1) is 0 Å². The fourth-order valence-corrected chi connectivity index (χ4v) is 2.53.